The SMILES string of the molecule is Cl.O=c1c2ncccc2ncn1CC1(O)CCNCC1. The van der Waals surface area contributed by atoms with Crippen molar-refractivity contribution in [1.29, 1.82) is 0 Å². The van der Waals surface area contributed by atoms with Crippen LogP contribution in [-0.4, -0.2) is 38.3 Å². The Morgan fingerprint density at radius 2 is 2.10 bits per heavy atom. The standard InChI is InChI=1S/C13H16N4O2.ClH/c18-12-11-10(2-1-5-15-11)16-9-17(12)8-13(19)3-6-14-7-4-13;/h1-2,5,9,14,19H,3-4,6-8H2;1H. The Bertz CT molecular complexity index is 652. The van der Waals surface area contributed by atoms with Crippen LogP contribution >= 0.6 is 12.4 Å². The van der Waals surface area contributed by atoms with Crippen LogP contribution in [-0.2, 0) is 6.54 Å². The van der Waals surface area contributed by atoms with Gasteiger partial charge in [0.25, 0.3) is 5.56 Å². The van der Waals surface area contributed by atoms with Crippen LogP contribution in [0.4, 0.5) is 0 Å². The third kappa shape index (κ3) is 2.82. The topological polar surface area (TPSA) is 80.0 Å². The van der Waals surface area contributed by atoms with Gasteiger partial charge in [0.15, 0.2) is 5.52 Å². The average Bonchev–Trinajstić information content (AvgIpc) is 2.43. The molecule has 6 nitrogen and oxygen atoms in total. The van der Waals surface area contributed by atoms with Crippen molar-refractivity contribution < 1.29 is 5.11 Å². The second kappa shape index (κ2) is 5.87. The summed E-state index contributed by atoms with van der Waals surface area (Å²) in [6, 6.07) is 3.51. The van der Waals surface area contributed by atoms with Crippen molar-refractivity contribution >= 4 is 23.4 Å². The highest BCUT2D eigenvalue weighted by Gasteiger charge is 2.30. The molecule has 20 heavy (non-hydrogen) atoms. The lowest BCUT2D eigenvalue weighted by Gasteiger charge is -2.32. The molecule has 2 aromatic heterocycles. The van der Waals surface area contributed by atoms with Gasteiger partial charge in [0.05, 0.1) is 24.0 Å². The Hall–Kier alpha value is -1.50. The Balaban J connectivity index is 0.00000147. The number of hydrogen-bond donors (Lipinski definition) is 2. The summed E-state index contributed by atoms with van der Waals surface area (Å²) in [6.07, 6.45) is 4.35. The molecule has 0 bridgehead atoms. The minimum absolute atomic E-state index is 0. The molecule has 1 aliphatic rings. The van der Waals surface area contributed by atoms with Crippen LogP contribution in [0.1, 0.15) is 12.8 Å². The van der Waals surface area contributed by atoms with E-state index in [1.165, 1.54) is 10.9 Å². The molecular formula is C13H17ClN4O2. The molecule has 0 radical (unpaired) electrons. The molecule has 1 saturated heterocycles. The predicted molar refractivity (Wildman–Crippen MR) is 78.1 cm³/mol. The molecule has 0 spiro atoms. The number of halogens is 1. The van der Waals surface area contributed by atoms with E-state index in [4.69, 9.17) is 0 Å². The molecule has 2 aromatic rings. The van der Waals surface area contributed by atoms with Gasteiger partial charge in [0.2, 0.25) is 0 Å². The van der Waals surface area contributed by atoms with Crippen LogP contribution < -0.4 is 10.9 Å². The molecule has 0 aliphatic carbocycles. The van der Waals surface area contributed by atoms with Crippen molar-refractivity contribution in [3.05, 3.63) is 35.0 Å². The van der Waals surface area contributed by atoms with Gasteiger partial charge in [0, 0.05) is 6.20 Å². The van der Waals surface area contributed by atoms with Gasteiger partial charge in [0.1, 0.15) is 0 Å². The quantitative estimate of drug-likeness (QED) is 0.835. The second-order valence-corrected chi connectivity index (χ2v) is 5.02. The highest BCUT2D eigenvalue weighted by atomic mass is 35.5. The monoisotopic (exact) mass is 296 g/mol. The first kappa shape index (κ1) is 14.9. The van der Waals surface area contributed by atoms with E-state index < -0.39 is 5.60 Å². The largest absolute Gasteiger partial charge is 0.388 e. The number of rotatable bonds is 2. The first-order valence-electron chi connectivity index (χ1n) is 6.41. The molecule has 0 aromatic carbocycles. The Morgan fingerprint density at radius 1 is 1.35 bits per heavy atom. The van der Waals surface area contributed by atoms with E-state index in [1.807, 2.05) is 0 Å². The summed E-state index contributed by atoms with van der Waals surface area (Å²) in [6.45, 7) is 1.81. The summed E-state index contributed by atoms with van der Waals surface area (Å²) < 4.78 is 1.46. The minimum Gasteiger partial charge on any atom is -0.388 e. The number of nitrogens with zero attached hydrogens (tertiary/aromatic N) is 3. The number of pyridine rings is 1. The van der Waals surface area contributed by atoms with Crippen molar-refractivity contribution in [1.82, 2.24) is 19.9 Å². The van der Waals surface area contributed by atoms with Gasteiger partial charge < -0.3 is 10.4 Å². The number of nitrogens with one attached hydrogen (secondary N) is 1. The third-order valence-corrected chi connectivity index (χ3v) is 3.58. The van der Waals surface area contributed by atoms with Crippen molar-refractivity contribution in [2.45, 2.75) is 25.0 Å². The van der Waals surface area contributed by atoms with E-state index in [1.54, 1.807) is 18.3 Å². The molecule has 3 rings (SSSR count). The first-order chi connectivity index (χ1) is 9.18. The molecule has 1 aliphatic heterocycles. The van der Waals surface area contributed by atoms with Gasteiger partial charge in [-0.15, -0.1) is 12.4 Å². The van der Waals surface area contributed by atoms with Gasteiger partial charge in [-0.05, 0) is 38.1 Å². The summed E-state index contributed by atoms with van der Waals surface area (Å²) in [5, 5.41) is 13.7. The number of aliphatic hydroxyl groups is 1. The molecule has 3 heterocycles. The molecule has 0 saturated carbocycles. The first-order valence-corrected chi connectivity index (χ1v) is 6.41. The van der Waals surface area contributed by atoms with Crippen molar-refractivity contribution in [3.8, 4) is 0 Å². The van der Waals surface area contributed by atoms with E-state index in [-0.39, 0.29) is 24.5 Å². The minimum atomic E-state index is -0.834. The summed E-state index contributed by atoms with van der Waals surface area (Å²) >= 11 is 0. The number of piperidine rings is 1. The van der Waals surface area contributed by atoms with Crippen LogP contribution in [0.2, 0.25) is 0 Å². The third-order valence-electron chi connectivity index (χ3n) is 3.58. The molecule has 108 valence electrons. The lowest BCUT2D eigenvalue weighted by molar-refractivity contribution is -0.00628. The van der Waals surface area contributed by atoms with Gasteiger partial charge in [-0.2, -0.15) is 0 Å². The van der Waals surface area contributed by atoms with E-state index >= 15 is 0 Å². The van der Waals surface area contributed by atoms with Crippen LogP contribution in [0, 0.1) is 0 Å². The van der Waals surface area contributed by atoms with E-state index in [0.717, 1.165) is 13.1 Å². The lowest BCUT2D eigenvalue weighted by Crippen LogP contribution is -2.46. The van der Waals surface area contributed by atoms with Crippen LogP contribution in [0.15, 0.2) is 29.5 Å². The predicted octanol–water partition coefficient (Wildman–Crippen LogP) is 0.328. The highest BCUT2D eigenvalue weighted by molar-refractivity contribution is 5.85. The van der Waals surface area contributed by atoms with Crippen molar-refractivity contribution in [2.75, 3.05) is 13.1 Å². The van der Waals surface area contributed by atoms with Gasteiger partial charge >= 0.3 is 0 Å². The molecular weight excluding hydrogens is 280 g/mol. The zero-order chi connectivity index (χ0) is 13.3. The average molecular weight is 297 g/mol. The Labute approximate surface area is 122 Å². The summed E-state index contributed by atoms with van der Waals surface area (Å²) in [5.74, 6) is 0. The molecule has 7 heteroatoms. The zero-order valence-electron chi connectivity index (χ0n) is 11.0. The summed E-state index contributed by atoms with van der Waals surface area (Å²) in [7, 11) is 0. The van der Waals surface area contributed by atoms with Gasteiger partial charge in [-0.3, -0.25) is 9.36 Å². The fourth-order valence-corrected chi connectivity index (χ4v) is 2.47. The molecule has 2 N–H and O–H groups in total. The van der Waals surface area contributed by atoms with Crippen LogP contribution in [0.5, 0.6) is 0 Å². The summed E-state index contributed by atoms with van der Waals surface area (Å²) in [5.41, 5.74) is -0.0969. The lowest BCUT2D eigenvalue weighted by atomic mass is 9.92. The summed E-state index contributed by atoms with van der Waals surface area (Å²) in [4.78, 5) is 20.6. The van der Waals surface area contributed by atoms with E-state index in [2.05, 4.69) is 15.3 Å². The maximum Gasteiger partial charge on any atom is 0.279 e. The zero-order valence-corrected chi connectivity index (χ0v) is 11.8. The molecule has 1 fully saturated rings. The smallest absolute Gasteiger partial charge is 0.279 e. The fraction of sp³-hybridized carbons (Fsp3) is 0.462. The van der Waals surface area contributed by atoms with Gasteiger partial charge in [-0.25, -0.2) is 9.97 Å². The van der Waals surface area contributed by atoms with Crippen molar-refractivity contribution in [3.63, 3.8) is 0 Å². The number of hydrogen-bond acceptors (Lipinski definition) is 5. The Morgan fingerprint density at radius 3 is 2.85 bits per heavy atom. The van der Waals surface area contributed by atoms with Crippen LogP contribution in [0.3, 0.4) is 0 Å². The van der Waals surface area contributed by atoms with E-state index in [9.17, 15) is 9.90 Å². The second-order valence-electron chi connectivity index (χ2n) is 5.02. The maximum absolute atomic E-state index is 12.3. The van der Waals surface area contributed by atoms with Gasteiger partial charge in [-0.1, -0.05) is 0 Å². The normalized spacial score (nSPS) is 17.6. The number of fused-ring (bicyclic) bond motifs is 1. The van der Waals surface area contributed by atoms with E-state index in [0.29, 0.717) is 23.9 Å². The van der Waals surface area contributed by atoms with Crippen molar-refractivity contribution in [2.24, 2.45) is 0 Å². The fourth-order valence-electron chi connectivity index (χ4n) is 2.47. The molecule has 0 atom stereocenters. The highest BCUT2D eigenvalue weighted by Crippen LogP contribution is 2.19. The maximum atomic E-state index is 12.3. The molecule has 0 unspecified atom stereocenters. The van der Waals surface area contributed by atoms with Crippen LogP contribution in [0.25, 0.3) is 11.0 Å². The Kier molecular flexibility index (Phi) is 4.37. The number of aromatic nitrogens is 3. The molecule has 0 amide bonds.